The first-order chi connectivity index (χ1) is 10.5. The molecule has 1 aromatic carbocycles. The van der Waals surface area contributed by atoms with Gasteiger partial charge in [-0.2, -0.15) is 0 Å². The maximum Gasteiger partial charge on any atom is 0.231 e. The second-order valence-corrected chi connectivity index (χ2v) is 5.54. The smallest absolute Gasteiger partial charge is 0.231 e. The van der Waals surface area contributed by atoms with Crippen molar-refractivity contribution < 1.29 is 9.90 Å². The van der Waals surface area contributed by atoms with Gasteiger partial charge in [-0.1, -0.05) is 24.4 Å². The molecule has 2 atom stereocenters. The van der Waals surface area contributed by atoms with Crippen LogP contribution in [0.4, 0.5) is 5.69 Å². The summed E-state index contributed by atoms with van der Waals surface area (Å²) < 4.78 is 0. The van der Waals surface area contributed by atoms with Gasteiger partial charge in [0.15, 0.2) is 0 Å². The van der Waals surface area contributed by atoms with E-state index in [1.54, 1.807) is 24.3 Å². The molecule has 3 N–H and O–H groups in total. The number of nitrogens with one attached hydrogen (secondary N) is 2. The summed E-state index contributed by atoms with van der Waals surface area (Å²) in [5.41, 5.74) is 2.76. The van der Waals surface area contributed by atoms with Crippen molar-refractivity contribution in [3.63, 3.8) is 0 Å². The Hall–Kier alpha value is -1.85. The van der Waals surface area contributed by atoms with E-state index in [1.807, 2.05) is 6.92 Å². The van der Waals surface area contributed by atoms with Crippen molar-refractivity contribution in [2.45, 2.75) is 18.7 Å². The molecule has 4 nitrogen and oxygen atoms in total. The minimum atomic E-state index is -0.434. The monoisotopic (exact) mass is 338 g/mol. The highest BCUT2D eigenvalue weighted by Gasteiger charge is 2.19. The van der Waals surface area contributed by atoms with Crippen LogP contribution >= 0.6 is 23.8 Å². The number of phenolic OH excluding ortho intramolecular Hbond substituents is 1. The number of carbonyl (C=O) groups is 1. The molecule has 1 rings (SSSR count). The minimum Gasteiger partial charge on any atom is -0.508 e. The van der Waals surface area contributed by atoms with E-state index in [1.165, 1.54) is 17.6 Å². The number of rotatable bonds is 8. The van der Waals surface area contributed by atoms with Crippen molar-refractivity contribution in [1.29, 1.82) is 0 Å². The fourth-order valence-corrected chi connectivity index (χ4v) is 2.19. The second-order valence-electron chi connectivity index (χ2n) is 4.74. The van der Waals surface area contributed by atoms with Crippen LogP contribution in [0, 0.1) is 5.92 Å². The molecule has 0 radical (unpaired) electrons. The predicted molar refractivity (Wildman–Crippen MR) is 95.2 cm³/mol. The lowest BCUT2D eigenvalue weighted by atomic mass is 10.00. The van der Waals surface area contributed by atoms with Crippen LogP contribution in [0.2, 0.25) is 0 Å². The van der Waals surface area contributed by atoms with Gasteiger partial charge < -0.3 is 15.7 Å². The molecule has 0 saturated carbocycles. The number of halogens is 1. The first kappa shape index (κ1) is 18.2. The lowest BCUT2D eigenvalue weighted by Crippen LogP contribution is -2.24. The Morgan fingerprint density at radius 1 is 1.45 bits per heavy atom. The number of aromatic hydroxyl groups is 1. The van der Waals surface area contributed by atoms with Crippen LogP contribution in [0.1, 0.15) is 13.3 Å². The van der Waals surface area contributed by atoms with Gasteiger partial charge in [-0.3, -0.25) is 4.79 Å². The predicted octanol–water partition coefficient (Wildman–Crippen LogP) is 3.58. The van der Waals surface area contributed by atoms with Crippen LogP contribution in [0.15, 0.2) is 48.7 Å². The van der Waals surface area contributed by atoms with Crippen LogP contribution < -0.4 is 10.6 Å². The molecule has 1 amide bonds. The van der Waals surface area contributed by atoms with Gasteiger partial charge in [-0.15, -0.1) is 18.2 Å². The zero-order valence-electron chi connectivity index (χ0n) is 12.3. The Balaban J connectivity index is 2.86. The molecule has 0 aromatic heterocycles. The van der Waals surface area contributed by atoms with Gasteiger partial charge in [0.25, 0.3) is 0 Å². The first-order valence-electron chi connectivity index (χ1n) is 6.71. The molecule has 6 heteroatoms. The molecule has 0 saturated heterocycles. The summed E-state index contributed by atoms with van der Waals surface area (Å²) in [5, 5.41) is 14.6. The van der Waals surface area contributed by atoms with Crippen molar-refractivity contribution in [1.82, 2.24) is 5.32 Å². The first-order valence-corrected chi connectivity index (χ1v) is 7.62. The Labute approximate surface area is 140 Å². The fraction of sp³-hybridized carbons (Fsp3) is 0.250. The van der Waals surface area contributed by atoms with Crippen LogP contribution in [-0.4, -0.2) is 21.9 Å². The van der Waals surface area contributed by atoms with Crippen LogP contribution in [0.3, 0.4) is 0 Å². The lowest BCUT2D eigenvalue weighted by molar-refractivity contribution is -0.118. The number of hydrogen-bond acceptors (Lipinski definition) is 3. The van der Waals surface area contributed by atoms with Crippen molar-refractivity contribution in [3.8, 4) is 5.75 Å². The Kier molecular flexibility index (Phi) is 7.63. The van der Waals surface area contributed by atoms with E-state index in [9.17, 15) is 9.90 Å². The number of benzene rings is 1. The van der Waals surface area contributed by atoms with Crippen LogP contribution in [0.5, 0.6) is 5.75 Å². The summed E-state index contributed by atoms with van der Waals surface area (Å²) in [6.45, 7) is 5.45. The molecule has 0 heterocycles. The molecule has 2 unspecified atom stereocenters. The van der Waals surface area contributed by atoms with Gasteiger partial charge in [0.2, 0.25) is 5.91 Å². The molecule has 0 fully saturated rings. The molecule has 0 aliphatic heterocycles. The normalized spacial score (nSPS) is 13.8. The van der Waals surface area contributed by atoms with E-state index in [0.29, 0.717) is 12.1 Å². The van der Waals surface area contributed by atoms with Crippen molar-refractivity contribution in [3.05, 3.63) is 48.7 Å². The number of carbonyl (C=O) groups excluding carboxylic acids is 1. The number of alkyl halides is 1. The Bertz CT molecular complexity index is 558. The summed E-state index contributed by atoms with van der Waals surface area (Å²) in [7, 11) is 0. The number of thiocarbonyl (C=S) groups is 1. The highest BCUT2D eigenvalue weighted by molar-refractivity contribution is 7.78. The average Bonchev–Trinajstić information content (AvgIpc) is 2.49. The second kappa shape index (κ2) is 9.23. The third-order valence-electron chi connectivity index (χ3n) is 2.94. The highest BCUT2D eigenvalue weighted by Crippen LogP contribution is 2.19. The van der Waals surface area contributed by atoms with Gasteiger partial charge in [-0.05, 0) is 37.6 Å². The van der Waals surface area contributed by atoms with Gasteiger partial charge >= 0.3 is 0 Å². The van der Waals surface area contributed by atoms with Crippen molar-refractivity contribution in [2.75, 3.05) is 5.32 Å². The summed E-state index contributed by atoms with van der Waals surface area (Å²) in [5.74, 6) is -0.483. The summed E-state index contributed by atoms with van der Waals surface area (Å²) in [6, 6.07) is 6.27. The molecular formula is C16H19ClN2O2S. The maximum atomic E-state index is 12.4. The van der Waals surface area contributed by atoms with E-state index in [-0.39, 0.29) is 17.0 Å². The van der Waals surface area contributed by atoms with Gasteiger partial charge in [0.05, 0.1) is 16.8 Å². The number of allylic oxidation sites excluding steroid dienone is 2. The molecule has 1 aromatic rings. The molecule has 0 aliphatic carbocycles. The van der Waals surface area contributed by atoms with E-state index in [2.05, 4.69) is 17.2 Å². The third kappa shape index (κ3) is 6.28. The lowest BCUT2D eigenvalue weighted by Gasteiger charge is -2.16. The van der Waals surface area contributed by atoms with Crippen LogP contribution in [-0.2, 0) is 4.79 Å². The summed E-state index contributed by atoms with van der Waals surface area (Å²) in [4.78, 5) is 12.4. The zero-order chi connectivity index (χ0) is 16.5. The fourth-order valence-electron chi connectivity index (χ4n) is 1.81. The standard InChI is InChI=1S/C16H19ClN2O2S/c1-3-13(17)9-12(8-11(2)18-10-22)16(21)19-14-4-6-15(20)7-5-14/h3-8,10,12-13,20H,1,9H2,2H3,(H,18,22)(H,19,21)/b11-8+. The topological polar surface area (TPSA) is 61.4 Å². The average molecular weight is 339 g/mol. The van der Waals surface area contributed by atoms with Crippen molar-refractivity contribution in [2.24, 2.45) is 5.92 Å². The molecule has 118 valence electrons. The molecule has 0 bridgehead atoms. The number of anilines is 1. The van der Waals surface area contributed by atoms with E-state index >= 15 is 0 Å². The van der Waals surface area contributed by atoms with Crippen LogP contribution in [0.25, 0.3) is 0 Å². The number of amides is 1. The van der Waals surface area contributed by atoms with E-state index < -0.39 is 5.92 Å². The van der Waals surface area contributed by atoms with Gasteiger partial charge in [-0.25, -0.2) is 0 Å². The molecule has 0 spiro atoms. The zero-order valence-corrected chi connectivity index (χ0v) is 13.8. The molecular weight excluding hydrogens is 320 g/mol. The van der Waals surface area contributed by atoms with E-state index in [4.69, 9.17) is 23.8 Å². The largest absolute Gasteiger partial charge is 0.508 e. The number of hydrogen-bond donors (Lipinski definition) is 3. The van der Waals surface area contributed by atoms with Gasteiger partial charge in [0, 0.05) is 11.4 Å². The summed E-state index contributed by atoms with van der Waals surface area (Å²) >= 11 is 10.8. The Morgan fingerprint density at radius 2 is 2.09 bits per heavy atom. The molecule has 22 heavy (non-hydrogen) atoms. The maximum absolute atomic E-state index is 12.4. The minimum absolute atomic E-state index is 0.142. The van der Waals surface area contributed by atoms with Crippen molar-refractivity contribution >= 4 is 40.9 Å². The highest BCUT2D eigenvalue weighted by atomic mass is 35.5. The molecule has 0 aliphatic rings. The number of phenols is 1. The quantitative estimate of drug-likeness (QED) is 0.293. The SMILES string of the molecule is C=CC(Cl)CC(/C=C(\C)NC=S)C(=O)Nc1ccc(O)cc1. The van der Waals surface area contributed by atoms with E-state index in [0.717, 1.165) is 5.70 Å². The van der Waals surface area contributed by atoms with Gasteiger partial charge in [0.1, 0.15) is 5.75 Å². The summed E-state index contributed by atoms with van der Waals surface area (Å²) in [6.07, 6.45) is 3.79. The Morgan fingerprint density at radius 3 is 2.64 bits per heavy atom. The third-order valence-corrected chi connectivity index (χ3v) is 3.42.